The van der Waals surface area contributed by atoms with Crippen molar-refractivity contribution in [1.29, 1.82) is 0 Å². The molecule has 0 aromatic heterocycles. The van der Waals surface area contributed by atoms with Crippen LogP contribution in [0.1, 0.15) is 171 Å². The quantitative estimate of drug-likeness (QED) is 0.0933. The minimum atomic E-state index is -0.203. The van der Waals surface area contributed by atoms with Crippen LogP contribution in [0.3, 0.4) is 0 Å². The van der Waals surface area contributed by atoms with Crippen LogP contribution in [0.2, 0.25) is 0 Å². The summed E-state index contributed by atoms with van der Waals surface area (Å²) in [6.07, 6.45) is 30.4. The Balaban J connectivity index is 1.63. The third-order valence-electron chi connectivity index (χ3n) is 8.82. The van der Waals surface area contributed by atoms with Gasteiger partial charge in [0.25, 0.3) is 0 Å². The zero-order valence-electron chi connectivity index (χ0n) is 26.4. The second kappa shape index (κ2) is 21.1. The van der Waals surface area contributed by atoms with Gasteiger partial charge < -0.3 is 0 Å². The minimum Gasteiger partial charge on any atom is -0.0654 e. The van der Waals surface area contributed by atoms with Gasteiger partial charge in [0.1, 0.15) is 0 Å². The molecule has 0 amide bonds. The first-order chi connectivity index (χ1) is 19.1. The summed E-state index contributed by atoms with van der Waals surface area (Å²) in [7, 11) is 0. The Morgan fingerprint density at radius 2 is 0.667 bits per heavy atom. The zero-order valence-corrected chi connectivity index (χ0v) is 26.4. The Morgan fingerprint density at radius 3 is 0.949 bits per heavy atom. The molecule has 2 aromatic carbocycles. The van der Waals surface area contributed by atoms with Crippen LogP contribution in [0.5, 0.6) is 0 Å². The summed E-state index contributed by atoms with van der Waals surface area (Å²) in [5.74, 6) is 0. The van der Waals surface area contributed by atoms with Gasteiger partial charge in [-0.3, -0.25) is 0 Å². The van der Waals surface area contributed by atoms with E-state index in [9.17, 15) is 0 Å². The lowest BCUT2D eigenvalue weighted by atomic mass is 9.77. The maximum absolute atomic E-state index is 4.62. The highest BCUT2D eigenvalue weighted by atomic mass is 14.3. The molecule has 39 heavy (non-hydrogen) atoms. The highest BCUT2D eigenvalue weighted by molar-refractivity contribution is 5.41. The highest BCUT2D eigenvalue weighted by Crippen LogP contribution is 2.31. The monoisotopic (exact) mass is 531 g/mol. The average Bonchev–Trinajstić information content (AvgIpc) is 2.95. The molecule has 0 heteroatoms. The van der Waals surface area contributed by atoms with E-state index in [2.05, 4.69) is 76.2 Å². The van der Waals surface area contributed by atoms with Crippen molar-refractivity contribution in [3.05, 3.63) is 77.7 Å². The maximum Gasteiger partial charge on any atom is 0.152 e. The van der Waals surface area contributed by atoms with Crippen LogP contribution in [0.25, 0.3) is 0 Å². The molecule has 0 aliphatic rings. The van der Waals surface area contributed by atoms with Crippen molar-refractivity contribution in [2.45, 2.75) is 167 Å². The molecule has 0 nitrogen and oxygen atoms in total. The Kier molecular flexibility index (Phi) is 18.1. The van der Waals surface area contributed by atoms with Gasteiger partial charge in [0, 0.05) is 11.1 Å². The maximum atomic E-state index is 4.62. The molecule has 2 aromatic rings. The number of aryl methyl sites for hydroxylation is 2. The number of unbranched alkanes of at least 4 members (excludes halogenated alkanes) is 18. The first-order valence-electron chi connectivity index (χ1n) is 17.1. The van der Waals surface area contributed by atoms with Gasteiger partial charge in [-0.25, -0.2) is 0 Å². The van der Waals surface area contributed by atoms with E-state index in [1.807, 2.05) is 0 Å². The topological polar surface area (TPSA) is 0 Å². The smallest absolute Gasteiger partial charge is 0.0654 e. The molecule has 2 rings (SSSR count). The molecule has 0 radical (unpaired) electrons. The van der Waals surface area contributed by atoms with Crippen molar-refractivity contribution in [1.82, 2.24) is 0 Å². The Bertz CT molecular complexity index is 741. The van der Waals surface area contributed by atoms with E-state index < -0.39 is 0 Å². The summed E-state index contributed by atoms with van der Waals surface area (Å²) in [5.41, 5.74) is 5.38. The van der Waals surface area contributed by atoms with E-state index in [1.54, 1.807) is 0 Å². The van der Waals surface area contributed by atoms with Crippen molar-refractivity contribution in [3.63, 3.8) is 0 Å². The first kappa shape index (κ1) is 33.5. The van der Waals surface area contributed by atoms with Crippen LogP contribution in [-0.4, -0.2) is 0 Å². The third-order valence-corrected chi connectivity index (χ3v) is 8.82. The summed E-state index contributed by atoms with van der Waals surface area (Å²) in [6, 6.07) is 18.6. The molecular weight excluding hydrogens is 468 g/mol. The van der Waals surface area contributed by atoms with E-state index in [-0.39, 0.29) is 5.41 Å². The van der Waals surface area contributed by atoms with Gasteiger partial charge in [-0.05, 0) is 43.7 Å². The largest absolute Gasteiger partial charge is 0.152 e. The van der Waals surface area contributed by atoms with Gasteiger partial charge in [0.2, 0.25) is 0 Å². The van der Waals surface area contributed by atoms with E-state index in [4.69, 9.17) is 0 Å². The molecule has 0 N–H and O–H groups in total. The molecule has 0 fully saturated rings. The van der Waals surface area contributed by atoms with Gasteiger partial charge in [0.15, 0.2) is 5.41 Å². The van der Waals surface area contributed by atoms with Crippen molar-refractivity contribution in [2.24, 2.45) is 0 Å². The first-order valence-corrected chi connectivity index (χ1v) is 17.1. The van der Waals surface area contributed by atoms with Gasteiger partial charge in [-0.2, -0.15) is 0 Å². The second-order valence-corrected chi connectivity index (χ2v) is 12.6. The summed E-state index contributed by atoms with van der Waals surface area (Å²) < 4.78 is 0. The van der Waals surface area contributed by atoms with E-state index >= 15 is 0 Å². The van der Waals surface area contributed by atoms with Gasteiger partial charge >= 0.3 is 0 Å². The van der Waals surface area contributed by atoms with Crippen LogP contribution in [0.15, 0.2) is 48.5 Å². The van der Waals surface area contributed by atoms with Crippen molar-refractivity contribution >= 4 is 0 Å². The summed E-state index contributed by atoms with van der Waals surface area (Å²) in [4.78, 5) is 0. The molecule has 0 atom stereocenters. The molecule has 0 bridgehead atoms. The van der Waals surface area contributed by atoms with Crippen molar-refractivity contribution in [2.75, 3.05) is 0 Å². The second-order valence-electron chi connectivity index (χ2n) is 12.6. The zero-order chi connectivity index (χ0) is 28.0. The number of hydrogen-bond donors (Lipinski definition) is 0. The van der Waals surface area contributed by atoms with E-state index in [0.717, 1.165) is 0 Å². The predicted octanol–water partition coefficient (Wildman–Crippen LogP) is 12.8. The predicted molar refractivity (Wildman–Crippen MR) is 176 cm³/mol. The normalized spacial score (nSPS) is 11.8. The Hall–Kier alpha value is -1.69. The lowest BCUT2D eigenvalue weighted by Crippen LogP contribution is -2.19. The average molecular weight is 532 g/mol. The van der Waals surface area contributed by atoms with Gasteiger partial charge in [-0.15, -0.1) is 0 Å². The summed E-state index contributed by atoms with van der Waals surface area (Å²) >= 11 is 0. The molecule has 218 valence electrons. The number of benzene rings is 2. The molecular formula is C39H63+. The van der Waals surface area contributed by atoms with Gasteiger partial charge in [-0.1, -0.05) is 178 Å². The van der Waals surface area contributed by atoms with Crippen LogP contribution in [-0.2, 0) is 18.3 Å². The Morgan fingerprint density at radius 1 is 0.410 bits per heavy atom. The summed E-state index contributed by atoms with van der Waals surface area (Å²) in [6.45, 7) is 11.5. The lowest BCUT2D eigenvalue weighted by molar-refractivity contribution is 0.556. The van der Waals surface area contributed by atoms with Crippen LogP contribution >= 0.6 is 0 Å². The molecule has 0 aliphatic carbocycles. The Labute approximate surface area is 244 Å². The molecule has 0 unspecified atom stereocenters. The van der Waals surface area contributed by atoms with Crippen LogP contribution < -0.4 is 0 Å². The minimum absolute atomic E-state index is 0.203. The fourth-order valence-electron chi connectivity index (χ4n) is 5.88. The fourth-order valence-corrected chi connectivity index (χ4v) is 5.88. The van der Waals surface area contributed by atoms with E-state index in [1.165, 1.54) is 164 Å². The van der Waals surface area contributed by atoms with Crippen LogP contribution in [0, 0.1) is 6.92 Å². The highest BCUT2D eigenvalue weighted by Gasteiger charge is 2.30. The van der Waals surface area contributed by atoms with Crippen molar-refractivity contribution < 1.29 is 0 Å². The number of rotatable bonds is 24. The third kappa shape index (κ3) is 14.5. The van der Waals surface area contributed by atoms with Gasteiger partial charge in [0.05, 0.1) is 6.92 Å². The molecule has 0 heterocycles. The molecule has 0 saturated carbocycles. The summed E-state index contributed by atoms with van der Waals surface area (Å²) in [5, 5.41) is 0. The fraction of sp³-hybridized carbons (Fsp3) is 0.667. The van der Waals surface area contributed by atoms with E-state index in [0.29, 0.717) is 0 Å². The molecule has 0 spiro atoms. The molecule has 0 saturated heterocycles. The standard InChI is InChI=1S/C39H63/c1-5-7-9-11-13-15-17-19-21-23-25-35-27-31-37(32-28-35)39(3,4)38-33-29-36(30-34-38)26-24-22-20-18-16-14-12-10-8-6-2/h27-34H,3,5-26H2,1-2,4H3/q+1. The number of hydrogen-bond acceptors (Lipinski definition) is 0. The molecule has 0 aliphatic heterocycles. The van der Waals surface area contributed by atoms with Crippen LogP contribution in [0.4, 0.5) is 0 Å². The lowest BCUT2D eigenvalue weighted by Gasteiger charge is -2.20. The van der Waals surface area contributed by atoms with Crippen molar-refractivity contribution in [3.8, 4) is 0 Å². The SMILES string of the molecule is [CH2+]C(C)(c1ccc(CCCCCCCCCCCC)cc1)c1ccc(CCCCCCCCCCCC)cc1.